The quantitative estimate of drug-likeness (QED) is 0.348. The molecule has 5 nitrogen and oxygen atoms in total. The number of rotatable bonds is 7. The standard InChI is InChI=1S/C17H26F3N3O2.HI/c1-17(2,3)14(24-5)10-23-16(21-4)22-9-11-12(18)7-6-8-13(11)25-15(19)20;/h6-8,14-15H,9-10H2,1-5H3,(H2,21,22,23);1H. The number of halogens is 4. The summed E-state index contributed by atoms with van der Waals surface area (Å²) in [6.45, 7) is 3.55. The number of hydrogen-bond donors (Lipinski definition) is 2. The Bertz CT molecular complexity index is 581. The summed E-state index contributed by atoms with van der Waals surface area (Å²) in [4.78, 5) is 4.04. The van der Waals surface area contributed by atoms with Crippen molar-refractivity contribution in [2.45, 2.75) is 40.0 Å². The molecular weight excluding hydrogens is 462 g/mol. The lowest BCUT2D eigenvalue weighted by Crippen LogP contribution is -2.45. The largest absolute Gasteiger partial charge is 0.434 e. The molecular formula is C17H27F3IN3O2. The Balaban J connectivity index is 0.00000625. The van der Waals surface area contributed by atoms with E-state index in [9.17, 15) is 13.2 Å². The van der Waals surface area contributed by atoms with Crippen molar-refractivity contribution in [3.05, 3.63) is 29.6 Å². The van der Waals surface area contributed by atoms with Gasteiger partial charge in [-0.1, -0.05) is 26.8 Å². The molecule has 0 amide bonds. The minimum atomic E-state index is -3.02. The number of benzene rings is 1. The van der Waals surface area contributed by atoms with E-state index in [2.05, 4.69) is 20.4 Å². The Kier molecular flexibility index (Phi) is 10.9. The third-order valence-electron chi connectivity index (χ3n) is 3.65. The number of methoxy groups -OCH3 is 1. The zero-order chi connectivity index (χ0) is 19.0. The third-order valence-corrected chi connectivity index (χ3v) is 3.65. The van der Waals surface area contributed by atoms with Crippen LogP contribution in [-0.2, 0) is 11.3 Å². The van der Waals surface area contributed by atoms with Crippen molar-refractivity contribution in [3.63, 3.8) is 0 Å². The minimum Gasteiger partial charge on any atom is -0.434 e. The van der Waals surface area contributed by atoms with Crippen LogP contribution in [0, 0.1) is 11.2 Å². The number of guanidine groups is 1. The molecule has 1 aromatic carbocycles. The zero-order valence-electron chi connectivity index (χ0n) is 15.6. The molecule has 0 aliphatic rings. The van der Waals surface area contributed by atoms with Crippen LogP contribution >= 0.6 is 24.0 Å². The van der Waals surface area contributed by atoms with Gasteiger partial charge in [0, 0.05) is 32.8 Å². The van der Waals surface area contributed by atoms with Gasteiger partial charge in [-0.05, 0) is 17.5 Å². The molecule has 0 saturated carbocycles. The first-order valence-electron chi connectivity index (χ1n) is 7.88. The number of alkyl halides is 2. The lowest BCUT2D eigenvalue weighted by Gasteiger charge is -2.30. The molecule has 0 bridgehead atoms. The molecule has 0 radical (unpaired) electrons. The van der Waals surface area contributed by atoms with Crippen LogP contribution in [0.25, 0.3) is 0 Å². The van der Waals surface area contributed by atoms with E-state index in [1.54, 1.807) is 14.2 Å². The van der Waals surface area contributed by atoms with Crippen molar-refractivity contribution < 1.29 is 22.6 Å². The van der Waals surface area contributed by atoms with Crippen molar-refractivity contribution >= 4 is 29.9 Å². The van der Waals surface area contributed by atoms with E-state index in [0.29, 0.717) is 12.5 Å². The average molecular weight is 489 g/mol. The Hall–Kier alpha value is -1.23. The second-order valence-electron chi connectivity index (χ2n) is 6.49. The summed E-state index contributed by atoms with van der Waals surface area (Å²) >= 11 is 0. The van der Waals surface area contributed by atoms with Crippen molar-refractivity contribution in [2.75, 3.05) is 20.7 Å². The van der Waals surface area contributed by atoms with Crippen molar-refractivity contribution in [1.29, 1.82) is 0 Å². The fraction of sp³-hybridized carbons (Fsp3) is 0.588. The topological polar surface area (TPSA) is 54.9 Å². The monoisotopic (exact) mass is 489 g/mol. The SMILES string of the molecule is CN=C(NCc1c(F)cccc1OC(F)F)NCC(OC)C(C)(C)C.I. The van der Waals surface area contributed by atoms with E-state index in [4.69, 9.17) is 4.74 Å². The highest BCUT2D eigenvalue weighted by atomic mass is 127. The van der Waals surface area contributed by atoms with Gasteiger partial charge in [0.1, 0.15) is 11.6 Å². The summed E-state index contributed by atoms with van der Waals surface area (Å²) < 4.78 is 48.6. The van der Waals surface area contributed by atoms with Gasteiger partial charge in [-0.25, -0.2) is 4.39 Å². The van der Waals surface area contributed by atoms with Crippen LogP contribution in [0.5, 0.6) is 5.75 Å². The predicted octanol–water partition coefficient (Wildman–Crippen LogP) is 3.77. The molecule has 9 heteroatoms. The molecule has 2 N–H and O–H groups in total. The van der Waals surface area contributed by atoms with Crippen LogP contribution in [0.15, 0.2) is 23.2 Å². The van der Waals surface area contributed by atoms with Gasteiger partial charge in [0.15, 0.2) is 5.96 Å². The smallest absolute Gasteiger partial charge is 0.387 e. The molecule has 1 rings (SSSR count). The molecule has 1 unspecified atom stereocenters. The van der Waals surface area contributed by atoms with Gasteiger partial charge >= 0.3 is 6.61 Å². The molecule has 0 aliphatic heterocycles. The molecule has 0 spiro atoms. The first kappa shape index (κ1) is 24.8. The van der Waals surface area contributed by atoms with Gasteiger partial charge in [0.25, 0.3) is 0 Å². The predicted molar refractivity (Wildman–Crippen MR) is 107 cm³/mol. The van der Waals surface area contributed by atoms with E-state index in [0.717, 1.165) is 0 Å². The highest BCUT2D eigenvalue weighted by Crippen LogP contribution is 2.23. The Morgan fingerprint density at radius 2 is 1.88 bits per heavy atom. The third kappa shape index (κ3) is 7.98. The summed E-state index contributed by atoms with van der Waals surface area (Å²) in [5, 5.41) is 5.97. The summed E-state index contributed by atoms with van der Waals surface area (Å²) in [6, 6.07) is 3.80. The van der Waals surface area contributed by atoms with Crippen LogP contribution in [0.1, 0.15) is 26.3 Å². The molecule has 0 fully saturated rings. The first-order chi connectivity index (χ1) is 11.7. The zero-order valence-corrected chi connectivity index (χ0v) is 17.9. The number of hydrogen-bond acceptors (Lipinski definition) is 3. The van der Waals surface area contributed by atoms with Crippen molar-refractivity contribution in [2.24, 2.45) is 10.4 Å². The Morgan fingerprint density at radius 3 is 2.38 bits per heavy atom. The summed E-state index contributed by atoms with van der Waals surface area (Å²) in [7, 11) is 3.19. The van der Waals surface area contributed by atoms with Crippen molar-refractivity contribution in [3.8, 4) is 5.75 Å². The van der Waals surface area contributed by atoms with Gasteiger partial charge in [0.05, 0.1) is 6.10 Å². The highest BCUT2D eigenvalue weighted by molar-refractivity contribution is 14.0. The number of nitrogens with one attached hydrogen (secondary N) is 2. The van der Waals surface area contributed by atoms with Gasteiger partial charge in [-0.2, -0.15) is 8.78 Å². The summed E-state index contributed by atoms with van der Waals surface area (Å²) in [5.41, 5.74) is -0.0745. The number of nitrogens with zero attached hydrogens (tertiary/aromatic N) is 1. The molecule has 1 aromatic rings. The first-order valence-corrected chi connectivity index (χ1v) is 7.88. The van der Waals surface area contributed by atoms with Crippen LogP contribution in [-0.4, -0.2) is 39.4 Å². The molecule has 0 aromatic heterocycles. The van der Waals surface area contributed by atoms with E-state index < -0.39 is 12.4 Å². The highest BCUT2D eigenvalue weighted by Gasteiger charge is 2.24. The van der Waals surface area contributed by atoms with Gasteiger partial charge < -0.3 is 20.1 Å². The summed E-state index contributed by atoms with van der Waals surface area (Å²) in [6.07, 6.45) is -0.0720. The van der Waals surface area contributed by atoms with Crippen LogP contribution in [0.3, 0.4) is 0 Å². The van der Waals surface area contributed by atoms with E-state index in [1.807, 2.05) is 20.8 Å². The molecule has 1 atom stereocenters. The maximum atomic E-state index is 13.9. The lowest BCUT2D eigenvalue weighted by atomic mass is 9.89. The number of aliphatic imine (C=N–C) groups is 1. The average Bonchev–Trinajstić information content (AvgIpc) is 2.50. The van der Waals surface area contributed by atoms with Crippen LogP contribution in [0.4, 0.5) is 13.2 Å². The fourth-order valence-electron chi connectivity index (χ4n) is 2.24. The summed E-state index contributed by atoms with van der Waals surface area (Å²) in [5.74, 6) is -0.439. The van der Waals surface area contributed by atoms with Gasteiger partial charge in [0.2, 0.25) is 0 Å². The van der Waals surface area contributed by atoms with Crippen LogP contribution in [0.2, 0.25) is 0 Å². The van der Waals surface area contributed by atoms with E-state index >= 15 is 0 Å². The maximum Gasteiger partial charge on any atom is 0.387 e. The van der Waals surface area contributed by atoms with Crippen LogP contribution < -0.4 is 15.4 Å². The maximum absolute atomic E-state index is 13.9. The molecule has 0 saturated heterocycles. The lowest BCUT2D eigenvalue weighted by molar-refractivity contribution is -0.0506. The normalized spacial score (nSPS) is 13.2. The molecule has 0 aliphatic carbocycles. The van der Waals surface area contributed by atoms with Gasteiger partial charge in [-0.15, -0.1) is 24.0 Å². The second kappa shape index (κ2) is 11.5. The van der Waals surface area contributed by atoms with E-state index in [1.165, 1.54) is 18.2 Å². The van der Waals surface area contributed by atoms with E-state index in [-0.39, 0.29) is 53.4 Å². The molecule has 150 valence electrons. The molecule has 26 heavy (non-hydrogen) atoms. The fourth-order valence-corrected chi connectivity index (χ4v) is 2.24. The minimum absolute atomic E-state index is 0. The van der Waals surface area contributed by atoms with Gasteiger partial charge in [-0.3, -0.25) is 4.99 Å². The second-order valence-corrected chi connectivity index (χ2v) is 6.49. The molecule has 0 heterocycles. The van der Waals surface area contributed by atoms with Crippen molar-refractivity contribution in [1.82, 2.24) is 10.6 Å². The Labute approximate surface area is 169 Å². The Morgan fingerprint density at radius 1 is 1.23 bits per heavy atom. The number of ether oxygens (including phenoxy) is 2.